The van der Waals surface area contributed by atoms with Crippen molar-refractivity contribution >= 4 is 35.1 Å². The van der Waals surface area contributed by atoms with Gasteiger partial charge < -0.3 is 15.0 Å². The van der Waals surface area contributed by atoms with Crippen LogP contribution in [0, 0.1) is 0 Å². The number of rotatable bonds is 3. The van der Waals surface area contributed by atoms with Gasteiger partial charge in [-0.25, -0.2) is 4.79 Å². The number of ether oxygens (including phenoxy) is 1. The number of cyclic esters (lactones) is 1. The molecule has 0 bridgehead atoms. The first kappa shape index (κ1) is 15.6. The number of fused-ring (bicyclic) bond motifs is 3. The number of anilines is 2. The Morgan fingerprint density at radius 3 is 3.17 bits per heavy atom. The first-order valence-corrected chi connectivity index (χ1v) is 9.36. The van der Waals surface area contributed by atoms with Crippen LogP contribution in [0.25, 0.3) is 0 Å². The van der Waals surface area contributed by atoms with Gasteiger partial charge in [0.15, 0.2) is 0 Å². The predicted molar refractivity (Wildman–Crippen MR) is 93.8 cm³/mol. The lowest BCUT2D eigenvalue weighted by atomic mass is 10.2. The molecule has 0 radical (unpaired) electrons. The van der Waals surface area contributed by atoms with Crippen LogP contribution in [0.15, 0.2) is 23.1 Å². The van der Waals surface area contributed by atoms with Crippen molar-refractivity contribution in [3.05, 3.63) is 18.2 Å². The smallest absolute Gasteiger partial charge is 0.414 e. The summed E-state index contributed by atoms with van der Waals surface area (Å²) in [5, 5.41) is 2.70. The summed E-state index contributed by atoms with van der Waals surface area (Å²) >= 11 is 1.88. The lowest BCUT2D eigenvalue weighted by molar-refractivity contribution is -0.119. The monoisotopic (exact) mass is 347 g/mol. The number of hydrogen-bond donors (Lipinski definition) is 1. The Bertz CT molecular complexity index is 681. The Hall–Kier alpha value is -1.89. The van der Waals surface area contributed by atoms with Gasteiger partial charge in [-0.1, -0.05) is 0 Å². The highest BCUT2D eigenvalue weighted by Crippen LogP contribution is 2.43. The molecule has 7 heteroatoms. The third kappa shape index (κ3) is 2.81. The lowest BCUT2D eigenvalue weighted by Gasteiger charge is -2.33. The number of amides is 2. The van der Waals surface area contributed by atoms with Gasteiger partial charge in [0.05, 0.1) is 18.8 Å². The summed E-state index contributed by atoms with van der Waals surface area (Å²) in [7, 11) is 0. The average Bonchev–Trinajstić information content (AvgIpc) is 3.18. The Morgan fingerprint density at radius 2 is 2.33 bits per heavy atom. The van der Waals surface area contributed by atoms with E-state index in [2.05, 4.69) is 22.3 Å². The second kappa shape index (κ2) is 6.20. The van der Waals surface area contributed by atoms with Crippen LogP contribution >= 0.6 is 11.8 Å². The average molecular weight is 347 g/mol. The topological polar surface area (TPSA) is 61.9 Å². The molecule has 2 fully saturated rings. The number of nitrogens with one attached hydrogen (secondary N) is 1. The van der Waals surface area contributed by atoms with Gasteiger partial charge in [0.1, 0.15) is 6.10 Å². The number of nitrogens with zero attached hydrogens (tertiary/aromatic N) is 2. The molecule has 3 aliphatic rings. The molecule has 0 unspecified atom stereocenters. The van der Waals surface area contributed by atoms with Gasteiger partial charge in [-0.3, -0.25) is 9.69 Å². The zero-order valence-electron chi connectivity index (χ0n) is 13.7. The molecular weight excluding hydrogens is 326 g/mol. The Labute approximate surface area is 145 Å². The maximum atomic E-state index is 12.2. The molecule has 2 amide bonds. The summed E-state index contributed by atoms with van der Waals surface area (Å²) in [5.74, 6) is 1.00. The van der Waals surface area contributed by atoms with Gasteiger partial charge in [0, 0.05) is 35.8 Å². The molecular formula is C17H21N3O3S. The summed E-state index contributed by atoms with van der Waals surface area (Å²) in [6.45, 7) is 3.41. The van der Waals surface area contributed by atoms with Crippen molar-refractivity contribution in [1.82, 2.24) is 5.32 Å². The SMILES string of the molecule is CC(=O)NC[C@H]1CN(c2ccc3c(c2)SC[C@@H]2CCCN32)C(=O)O1. The van der Waals surface area contributed by atoms with E-state index in [-0.39, 0.29) is 18.1 Å². The zero-order chi connectivity index (χ0) is 16.7. The van der Waals surface area contributed by atoms with Crippen molar-refractivity contribution in [3.63, 3.8) is 0 Å². The normalized spacial score (nSPS) is 25.3. The minimum absolute atomic E-state index is 0.116. The van der Waals surface area contributed by atoms with Gasteiger partial charge in [0.25, 0.3) is 0 Å². The second-order valence-electron chi connectivity index (χ2n) is 6.51. The van der Waals surface area contributed by atoms with Crippen LogP contribution in [0.5, 0.6) is 0 Å². The number of carbonyl (C=O) groups is 2. The maximum Gasteiger partial charge on any atom is 0.414 e. The van der Waals surface area contributed by atoms with E-state index in [0.717, 1.165) is 18.0 Å². The van der Waals surface area contributed by atoms with Crippen molar-refractivity contribution in [2.24, 2.45) is 0 Å². The number of hydrogen-bond acceptors (Lipinski definition) is 5. The lowest BCUT2D eigenvalue weighted by Crippen LogP contribution is -2.34. The molecule has 1 aromatic rings. The van der Waals surface area contributed by atoms with Crippen LogP contribution in [0.1, 0.15) is 19.8 Å². The summed E-state index contributed by atoms with van der Waals surface area (Å²) < 4.78 is 5.35. The molecule has 24 heavy (non-hydrogen) atoms. The molecule has 0 aromatic heterocycles. The predicted octanol–water partition coefficient (Wildman–Crippen LogP) is 2.22. The van der Waals surface area contributed by atoms with Crippen LogP contribution < -0.4 is 15.1 Å². The fraction of sp³-hybridized carbons (Fsp3) is 0.529. The highest BCUT2D eigenvalue weighted by molar-refractivity contribution is 7.99. The maximum absolute atomic E-state index is 12.2. The van der Waals surface area contributed by atoms with Crippen molar-refractivity contribution in [2.75, 3.05) is 35.2 Å². The van der Waals surface area contributed by atoms with E-state index in [1.54, 1.807) is 4.90 Å². The molecule has 0 saturated carbocycles. The van der Waals surface area contributed by atoms with Gasteiger partial charge in [-0.2, -0.15) is 0 Å². The molecule has 0 aliphatic carbocycles. The Morgan fingerprint density at radius 1 is 1.46 bits per heavy atom. The molecule has 1 aromatic carbocycles. The van der Waals surface area contributed by atoms with Crippen LogP contribution in [0.3, 0.4) is 0 Å². The Balaban J connectivity index is 1.51. The van der Waals surface area contributed by atoms with Gasteiger partial charge in [-0.05, 0) is 31.0 Å². The van der Waals surface area contributed by atoms with Crippen molar-refractivity contribution in [1.29, 1.82) is 0 Å². The summed E-state index contributed by atoms with van der Waals surface area (Å²) in [5.41, 5.74) is 2.16. The second-order valence-corrected chi connectivity index (χ2v) is 7.57. The molecule has 3 heterocycles. The van der Waals surface area contributed by atoms with Gasteiger partial charge in [-0.15, -0.1) is 11.8 Å². The highest BCUT2D eigenvalue weighted by atomic mass is 32.2. The molecule has 1 N–H and O–H groups in total. The number of thioether (sulfide) groups is 1. The first-order chi connectivity index (χ1) is 11.6. The Kier molecular flexibility index (Phi) is 4.04. The van der Waals surface area contributed by atoms with Gasteiger partial charge >= 0.3 is 6.09 Å². The summed E-state index contributed by atoms with van der Waals surface area (Å²) in [6, 6.07) is 6.88. The van der Waals surface area contributed by atoms with Crippen LogP contribution in [0.2, 0.25) is 0 Å². The largest absolute Gasteiger partial charge is 0.442 e. The van der Waals surface area contributed by atoms with E-state index in [9.17, 15) is 9.59 Å². The minimum Gasteiger partial charge on any atom is -0.442 e. The highest BCUT2D eigenvalue weighted by Gasteiger charge is 2.34. The van der Waals surface area contributed by atoms with Crippen LogP contribution in [0.4, 0.5) is 16.2 Å². The first-order valence-electron chi connectivity index (χ1n) is 8.38. The molecule has 3 aliphatic heterocycles. The van der Waals surface area contributed by atoms with E-state index in [0.29, 0.717) is 19.1 Å². The fourth-order valence-electron chi connectivity index (χ4n) is 3.63. The van der Waals surface area contributed by atoms with E-state index >= 15 is 0 Å². The zero-order valence-corrected chi connectivity index (χ0v) is 14.5. The van der Waals surface area contributed by atoms with Crippen LogP contribution in [-0.2, 0) is 9.53 Å². The van der Waals surface area contributed by atoms with Crippen molar-refractivity contribution < 1.29 is 14.3 Å². The van der Waals surface area contributed by atoms with Crippen molar-refractivity contribution in [3.8, 4) is 0 Å². The number of benzene rings is 1. The summed E-state index contributed by atoms with van der Waals surface area (Å²) in [6.07, 6.45) is 1.89. The van der Waals surface area contributed by atoms with E-state index in [1.807, 2.05) is 17.8 Å². The van der Waals surface area contributed by atoms with E-state index < -0.39 is 0 Å². The molecule has 0 spiro atoms. The van der Waals surface area contributed by atoms with Crippen molar-refractivity contribution in [2.45, 2.75) is 36.8 Å². The fourth-order valence-corrected chi connectivity index (χ4v) is 4.89. The molecule has 2 saturated heterocycles. The van der Waals surface area contributed by atoms with Crippen LogP contribution in [-0.4, -0.2) is 49.5 Å². The summed E-state index contributed by atoms with van der Waals surface area (Å²) in [4.78, 5) is 28.6. The number of carbonyl (C=O) groups excluding carboxylic acids is 2. The minimum atomic E-state index is -0.342. The standard InChI is InChI=1S/C17H21N3O3S/c1-11(21)18-8-14-9-20(17(22)23-14)12-4-5-15-16(7-12)24-10-13-3-2-6-19(13)15/h4-5,7,13-14H,2-3,6,8-10H2,1H3,(H,18,21)/t13-,14-/m0/s1. The third-order valence-electron chi connectivity index (χ3n) is 4.83. The van der Waals surface area contributed by atoms with E-state index in [4.69, 9.17) is 4.74 Å². The molecule has 4 rings (SSSR count). The molecule has 2 atom stereocenters. The molecule has 128 valence electrons. The quantitative estimate of drug-likeness (QED) is 0.908. The van der Waals surface area contributed by atoms with Gasteiger partial charge in [0.2, 0.25) is 5.91 Å². The molecule has 6 nitrogen and oxygen atoms in total. The van der Waals surface area contributed by atoms with E-state index in [1.165, 1.54) is 30.3 Å². The third-order valence-corrected chi connectivity index (χ3v) is 6.02.